The van der Waals surface area contributed by atoms with E-state index in [4.69, 9.17) is 4.78 Å². The Kier molecular flexibility index (Phi) is 5.60. The predicted molar refractivity (Wildman–Crippen MR) is 43.4 cm³/mol. The molecule has 0 unspecified atom stereocenters. The largest absolute Gasteiger partial charge is 0.279 e. The van der Waals surface area contributed by atoms with E-state index >= 15 is 0 Å². The Morgan fingerprint density at radius 3 is 2.10 bits per heavy atom. The van der Waals surface area contributed by atoms with Gasteiger partial charge in [0, 0.05) is 36.0 Å². The maximum Gasteiger partial charge on any atom is 0.0152 e. The summed E-state index contributed by atoms with van der Waals surface area (Å²) in [6.07, 6.45) is 0. The molecule has 1 nitrogen and oxygen atoms in total. The summed E-state index contributed by atoms with van der Waals surface area (Å²) in [7, 11) is 0. The molecular weight excluding hydrogens is 241 g/mol. The zero-order valence-corrected chi connectivity index (χ0v) is 9.45. The van der Waals surface area contributed by atoms with E-state index in [0.29, 0.717) is 11.6 Å². The molecule has 4 heteroatoms. The Morgan fingerprint density at radius 2 is 1.70 bits per heavy atom. The molecule has 0 aliphatic heterocycles. The number of nitrogens with one attached hydrogen (secondary N) is 1. The zero-order valence-electron chi connectivity index (χ0n) is 5.20. The minimum Gasteiger partial charge on any atom is -0.279 e. The molecule has 0 bridgehead atoms. The summed E-state index contributed by atoms with van der Waals surface area (Å²) in [5.41, 5.74) is 0. The summed E-state index contributed by atoms with van der Waals surface area (Å²) < 4.78 is 6.96. The van der Waals surface area contributed by atoms with Gasteiger partial charge in [-0.15, -0.1) is 12.6 Å². The van der Waals surface area contributed by atoms with Gasteiger partial charge < -0.3 is 0 Å². The van der Waals surface area contributed by atoms with Crippen molar-refractivity contribution in [3.05, 3.63) is 24.3 Å². The van der Waals surface area contributed by atoms with Crippen LogP contribution in [0.2, 0.25) is 0 Å². The van der Waals surface area contributed by atoms with Crippen LogP contribution in [0.3, 0.4) is 0 Å². The van der Waals surface area contributed by atoms with E-state index in [-0.39, 0.29) is 26.2 Å². The van der Waals surface area contributed by atoms with Gasteiger partial charge in [0.2, 0.25) is 0 Å². The Bertz CT molecular complexity index is 209. The summed E-state index contributed by atoms with van der Waals surface area (Å²) in [5, 5.41) is 0. The van der Waals surface area contributed by atoms with Crippen molar-refractivity contribution in [3.8, 4) is 0 Å². The van der Waals surface area contributed by atoms with Crippen LogP contribution in [0.5, 0.6) is 0 Å². The van der Waals surface area contributed by atoms with Gasteiger partial charge in [0.05, 0.1) is 0 Å². The molecule has 1 rings (SSSR count). The summed E-state index contributed by atoms with van der Waals surface area (Å²) in [5.74, 6) is 0. The van der Waals surface area contributed by atoms with E-state index in [2.05, 4.69) is 12.6 Å². The molecule has 0 fully saturated rings. The number of thiol groups is 2. The van der Waals surface area contributed by atoms with Crippen LogP contribution in [0.1, 0.15) is 0 Å². The van der Waals surface area contributed by atoms with Crippen LogP contribution >= 0.6 is 12.6 Å². The first kappa shape index (κ1) is 10.6. The molecular formula is C6H7NS2Zr. The molecule has 0 spiro atoms. The van der Waals surface area contributed by atoms with Crippen molar-refractivity contribution in [1.82, 2.24) is 0 Å². The molecule has 0 atom stereocenters. The fourth-order valence-corrected chi connectivity index (χ4v) is 0.974. The van der Waals surface area contributed by atoms with Crippen molar-refractivity contribution in [3.63, 3.8) is 0 Å². The standard InChI is InChI=1S/C6H7NS2.Zr/c7-9-6-3-1-5(8)2-4-6;/h1-4,7-9H;. The normalized spacial score (nSPS) is 8.50. The molecule has 0 aliphatic carbocycles. The topological polar surface area (TPSA) is 23.9 Å². The van der Waals surface area contributed by atoms with Crippen molar-refractivity contribution in [2.45, 2.75) is 9.79 Å². The van der Waals surface area contributed by atoms with Gasteiger partial charge in [-0.2, -0.15) is 0 Å². The molecule has 1 N–H and O–H groups in total. The van der Waals surface area contributed by atoms with Crippen LogP contribution in [-0.4, -0.2) is 0 Å². The van der Waals surface area contributed by atoms with Crippen molar-refractivity contribution in [1.29, 1.82) is 4.78 Å². The number of benzene rings is 1. The van der Waals surface area contributed by atoms with E-state index in [0.717, 1.165) is 9.79 Å². The second-order valence-electron chi connectivity index (χ2n) is 1.63. The van der Waals surface area contributed by atoms with Crippen LogP contribution < -0.4 is 0 Å². The third-order valence-corrected chi connectivity index (χ3v) is 1.83. The Labute approximate surface area is 88.7 Å². The molecule has 52 valence electrons. The quantitative estimate of drug-likeness (QED) is 0.633. The van der Waals surface area contributed by atoms with Gasteiger partial charge in [0.15, 0.2) is 0 Å². The average molecular weight is 248 g/mol. The van der Waals surface area contributed by atoms with E-state index in [1.165, 1.54) is 0 Å². The van der Waals surface area contributed by atoms with Gasteiger partial charge in [-0.05, 0) is 24.3 Å². The minimum atomic E-state index is 0. The van der Waals surface area contributed by atoms with E-state index < -0.39 is 0 Å². The van der Waals surface area contributed by atoms with Gasteiger partial charge in [-0.3, -0.25) is 4.78 Å². The van der Waals surface area contributed by atoms with Crippen LogP contribution in [0.4, 0.5) is 0 Å². The zero-order chi connectivity index (χ0) is 6.69. The fourth-order valence-electron chi connectivity index (χ4n) is 0.527. The number of rotatable bonds is 1. The second kappa shape index (κ2) is 5.28. The first-order valence-corrected chi connectivity index (χ1v) is 3.83. The summed E-state index contributed by atoms with van der Waals surface area (Å²) >= 11 is 4.67. The maximum atomic E-state index is 6.96. The van der Waals surface area contributed by atoms with Crippen molar-refractivity contribution < 1.29 is 26.2 Å². The van der Waals surface area contributed by atoms with Crippen molar-refractivity contribution >= 4 is 24.2 Å². The van der Waals surface area contributed by atoms with Crippen molar-refractivity contribution in [2.24, 2.45) is 0 Å². The Hall–Kier alpha value is 0.603. The van der Waals surface area contributed by atoms with Gasteiger partial charge in [-0.25, -0.2) is 0 Å². The van der Waals surface area contributed by atoms with Crippen LogP contribution in [0.15, 0.2) is 34.1 Å². The summed E-state index contributed by atoms with van der Waals surface area (Å²) in [4.78, 5) is 1.95. The molecule has 1 aromatic carbocycles. The molecule has 0 aliphatic rings. The molecule has 0 radical (unpaired) electrons. The van der Waals surface area contributed by atoms with Gasteiger partial charge in [-0.1, -0.05) is 11.6 Å². The van der Waals surface area contributed by atoms with Crippen LogP contribution in [0, 0.1) is 4.78 Å². The molecule has 0 saturated heterocycles. The smallest absolute Gasteiger partial charge is 0.0152 e. The SMILES string of the molecule is N=[SH]c1ccc(S)cc1.[Zr]. The fraction of sp³-hybridized carbons (Fsp3) is 0. The third-order valence-electron chi connectivity index (χ3n) is 0.979. The second-order valence-corrected chi connectivity index (χ2v) is 2.88. The first-order chi connectivity index (χ1) is 4.33. The van der Waals surface area contributed by atoms with Crippen LogP contribution in [0.25, 0.3) is 0 Å². The molecule has 0 heterocycles. The monoisotopic (exact) mass is 247 g/mol. The van der Waals surface area contributed by atoms with Crippen molar-refractivity contribution in [2.75, 3.05) is 0 Å². The molecule has 0 amide bonds. The van der Waals surface area contributed by atoms with E-state index in [1.807, 2.05) is 24.3 Å². The Morgan fingerprint density at radius 1 is 1.20 bits per heavy atom. The van der Waals surface area contributed by atoms with E-state index in [1.54, 1.807) is 0 Å². The predicted octanol–water partition coefficient (Wildman–Crippen LogP) is 1.91. The average Bonchev–Trinajstić information content (AvgIpc) is 1.90. The number of hydrogen-bond donors (Lipinski definition) is 3. The van der Waals surface area contributed by atoms with E-state index in [9.17, 15) is 0 Å². The number of hydrogen-bond acceptors (Lipinski definition) is 2. The Balaban J connectivity index is 0.000000810. The molecule has 10 heavy (non-hydrogen) atoms. The van der Waals surface area contributed by atoms with Crippen LogP contribution in [-0.2, 0) is 37.8 Å². The molecule has 0 saturated carbocycles. The first-order valence-electron chi connectivity index (χ1n) is 2.49. The third kappa shape index (κ3) is 3.13. The van der Waals surface area contributed by atoms with Gasteiger partial charge >= 0.3 is 0 Å². The van der Waals surface area contributed by atoms with Gasteiger partial charge in [0.25, 0.3) is 0 Å². The maximum absolute atomic E-state index is 6.96. The summed E-state index contributed by atoms with van der Waals surface area (Å²) in [6.45, 7) is 0. The summed E-state index contributed by atoms with van der Waals surface area (Å²) in [6, 6.07) is 7.58. The molecule has 0 aromatic heterocycles. The van der Waals surface area contributed by atoms with Gasteiger partial charge in [0.1, 0.15) is 0 Å². The molecule has 1 aromatic rings. The minimum absolute atomic E-state index is 0.